The van der Waals surface area contributed by atoms with Crippen molar-refractivity contribution in [1.82, 2.24) is 0 Å². The summed E-state index contributed by atoms with van der Waals surface area (Å²) >= 11 is 5.25. The molecule has 0 amide bonds. The number of benzene rings is 1. The molecule has 0 bridgehead atoms. The van der Waals surface area contributed by atoms with Crippen LogP contribution in [0.5, 0.6) is 0 Å². The van der Waals surface area contributed by atoms with E-state index in [2.05, 4.69) is 35.1 Å². The quantitative estimate of drug-likeness (QED) is 0.799. The van der Waals surface area contributed by atoms with Gasteiger partial charge < -0.3 is 10.1 Å². The zero-order chi connectivity index (χ0) is 15.5. The van der Waals surface area contributed by atoms with Crippen molar-refractivity contribution in [1.29, 1.82) is 0 Å². The van der Waals surface area contributed by atoms with Crippen molar-refractivity contribution in [3.8, 4) is 0 Å². The second kappa shape index (κ2) is 6.61. The Hall–Kier alpha value is -0.680. The Bertz CT molecular complexity index is 504. The van der Waals surface area contributed by atoms with Gasteiger partial charge in [-0.3, -0.25) is 0 Å². The van der Waals surface area contributed by atoms with Gasteiger partial charge in [-0.1, -0.05) is 29.8 Å². The van der Waals surface area contributed by atoms with E-state index in [0.29, 0.717) is 6.61 Å². The summed E-state index contributed by atoms with van der Waals surface area (Å²) in [5, 5.41) is 3.45. The molecule has 1 aromatic carbocycles. The van der Waals surface area contributed by atoms with Crippen LogP contribution in [0, 0.1) is 5.41 Å². The number of thioether (sulfide) groups is 1. The van der Waals surface area contributed by atoms with E-state index in [1.54, 1.807) is 0 Å². The molecule has 0 radical (unpaired) electrons. The number of hydrogen-bond acceptors (Lipinski definition) is 4. The molecule has 1 atom stereocenters. The van der Waals surface area contributed by atoms with E-state index in [0.717, 1.165) is 28.1 Å². The highest BCUT2D eigenvalue weighted by Gasteiger charge is 2.47. The standard InChI is InChI=1S/C16H22BrNO2S/c1-4-20-14(19)16(9-15(2,3)10-21-11-16)18-13-7-5-12(17)6-8-13/h5-8,18H,4,9-11H2,1-3H3. The fraction of sp³-hybridized carbons (Fsp3) is 0.562. The van der Waals surface area contributed by atoms with Gasteiger partial charge in [-0.15, -0.1) is 0 Å². The van der Waals surface area contributed by atoms with Crippen molar-refractivity contribution in [2.75, 3.05) is 23.4 Å². The number of nitrogens with one attached hydrogen (secondary N) is 1. The number of esters is 1. The summed E-state index contributed by atoms with van der Waals surface area (Å²) in [5.74, 6) is 1.66. The number of ether oxygens (including phenoxy) is 1. The van der Waals surface area contributed by atoms with Crippen molar-refractivity contribution in [2.24, 2.45) is 5.41 Å². The Morgan fingerprint density at radius 2 is 2.00 bits per heavy atom. The number of halogens is 1. The summed E-state index contributed by atoms with van der Waals surface area (Å²) in [6.07, 6.45) is 0.780. The molecular weight excluding hydrogens is 350 g/mol. The molecule has 0 spiro atoms. The Kier molecular flexibility index (Phi) is 5.25. The minimum atomic E-state index is -0.643. The van der Waals surface area contributed by atoms with E-state index < -0.39 is 5.54 Å². The highest BCUT2D eigenvalue weighted by atomic mass is 79.9. The normalized spacial score (nSPS) is 24.4. The van der Waals surface area contributed by atoms with Gasteiger partial charge in [0, 0.05) is 15.9 Å². The number of carbonyl (C=O) groups is 1. The number of hydrogen-bond donors (Lipinski definition) is 1. The van der Waals surface area contributed by atoms with Crippen LogP contribution in [0.25, 0.3) is 0 Å². The lowest BCUT2D eigenvalue weighted by molar-refractivity contribution is -0.149. The molecule has 1 aromatic rings. The van der Waals surface area contributed by atoms with Crippen LogP contribution in [0.2, 0.25) is 0 Å². The molecule has 1 N–H and O–H groups in total. The Morgan fingerprint density at radius 1 is 1.33 bits per heavy atom. The summed E-state index contributed by atoms with van der Waals surface area (Å²) in [6, 6.07) is 7.92. The first-order valence-corrected chi connectivity index (χ1v) is 9.10. The Morgan fingerprint density at radius 3 is 2.57 bits per heavy atom. The molecule has 2 rings (SSSR count). The lowest BCUT2D eigenvalue weighted by Crippen LogP contribution is -2.55. The van der Waals surface area contributed by atoms with Gasteiger partial charge >= 0.3 is 5.97 Å². The highest BCUT2D eigenvalue weighted by molar-refractivity contribution is 9.10. The predicted molar refractivity (Wildman–Crippen MR) is 92.9 cm³/mol. The largest absolute Gasteiger partial charge is 0.464 e. The molecule has 1 aliphatic rings. The van der Waals surface area contributed by atoms with Crippen LogP contribution in [0.1, 0.15) is 27.2 Å². The van der Waals surface area contributed by atoms with Crippen molar-refractivity contribution < 1.29 is 9.53 Å². The van der Waals surface area contributed by atoms with Crippen molar-refractivity contribution >= 4 is 39.3 Å². The van der Waals surface area contributed by atoms with Crippen molar-refractivity contribution in [2.45, 2.75) is 32.7 Å². The summed E-state index contributed by atoms with van der Waals surface area (Å²) in [5.41, 5.74) is 0.415. The van der Waals surface area contributed by atoms with E-state index in [1.165, 1.54) is 0 Å². The average molecular weight is 372 g/mol. The molecule has 0 aromatic heterocycles. The van der Waals surface area contributed by atoms with E-state index in [9.17, 15) is 4.79 Å². The second-order valence-corrected chi connectivity index (χ2v) is 8.17. The number of carbonyl (C=O) groups excluding carboxylic acids is 1. The third kappa shape index (κ3) is 4.16. The van der Waals surface area contributed by atoms with Gasteiger partial charge in [0.25, 0.3) is 0 Å². The first-order valence-electron chi connectivity index (χ1n) is 7.16. The molecule has 0 aliphatic carbocycles. The summed E-state index contributed by atoms with van der Waals surface area (Å²) in [6.45, 7) is 6.67. The molecule has 116 valence electrons. The monoisotopic (exact) mass is 371 g/mol. The van der Waals surface area contributed by atoms with Crippen LogP contribution in [-0.2, 0) is 9.53 Å². The van der Waals surface area contributed by atoms with Gasteiger partial charge in [0.2, 0.25) is 0 Å². The fourth-order valence-corrected chi connectivity index (χ4v) is 4.42. The Labute approximate surface area is 139 Å². The third-order valence-corrected chi connectivity index (χ3v) is 5.73. The molecule has 1 unspecified atom stereocenters. The smallest absolute Gasteiger partial charge is 0.332 e. The maximum Gasteiger partial charge on any atom is 0.332 e. The lowest BCUT2D eigenvalue weighted by atomic mass is 9.79. The van der Waals surface area contributed by atoms with E-state index in [4.69, 9.17) is 4.74 Å². The maximum atomic E-state index is 12.6. The van der Waals surface area contributed by atoms with Crippen LogP contribution in [0.3, 0.4) is 0 Å². The number of rotatable bonds is 4. The molecule has 0 saturated carbocycles. The second-order valence-electron chi connectivity index (χ2n) is 6.27. The van der Waals surface area contributed by atoms with E-state index >= 15 is 0 Å². The zero-order valence-corrected chi connectivity index (χ0v) is 15.1. The molecule has 1 aliphatic heterocycles. The minimum absolute atomic E-state index is 0.109. The topological polar surface area (TPSA) is 38.3 Å². The van der Waals surface area contributed by atoms with Crippen LogP contribution in [0.4, 0.5) is 5.69 Å². The molecule has 1 heterocycles. The van der Waals surface area contributed by atoms with Crippen LogP contribution in [0.15, 0.2) is 28.7 Å². The molecular formula is C16H22BrNO2S. The van der Waals surface area contributed by atoms with Crippen molar-refractivity contribution in [3.05, 3.63) is 28.7 Å². The van der Waals surface area contributed by atoms with Gasteiger partial charge in [-0.2, -0.15) is 11.8 Å². The lowest BCUT2D eigenvalue weighted by Gasteiger charge is -2.43. The predicted octanol–water partition coefficient (Wildman–Crippen LogP) is 4.33. The van der Waals surface area contributed by atoms with Gasteiger partial charge in [0.05, 0.1) is 6.61 Å². The van der Waals surface area contributed by atoms with Crippen LogP contribution < -0.4 is 5.32 Å². The minimum Gasteiger partial charge on any atom is -0.464 e. The first kappa shape index (κ1) is 16.7. The van der Waals surface area contributed by atoms with Gasteiger partial charge in [0.1, 0.15) is 5.54 Å². The van der Waals surface area contributed by atoms with Gasteiger partial charge in [-0.25, -0.2) is 4.79 Å². The zero-order valence-electron chi connectivity index (χ0n) is 12.7. The maximum absolute atomic E-state index is 12.6. The van der Waals surface area contributed by atoms with Crippen molar-refractivity contribution in [3.63, 3.8) is 0 Å². The van der Waals surface area contributed by atoms with Gasteiger partial charge in [0.15, 0.2) is 0 Å². The van der Waals surface area contributed by atoms with Crippen LogP contribution in [-0.4, -0.2) is 29.6 Å². The SMILES string of the molecule is CCOC(=O)C1(Nc2ccc(Br)cc2)CSCC(C)(C)C1. The first-order chi connectivity index (χ1) is 9.87. The summed E-state index contributed by atoms with van der Waals surface area (Å²) < 4.78 is 6.37. The number of anilines is 1. The molecule has 3 nitrogen and oxygen atoms in total. The summed E-state index contributed by atoms with van der Waals surface area (Å²) in [7, 11) is 0. The third-order valence-electron chi connectivity index (χ3n) is 3.52. The van der Waals surface area contributed by atoms with E-state index in [-0.39, 0.29) is 11.4 Å². The van der Waals surface area contributed by atoms with Gasteiger partial charge in [-0.05, 0) is 48.8 Å². The molecule has 1 fully saturated rings. The highest BCUT2D eigenvalue weighted by Crippen LogP contribution is 2.41. The van der Waals surface area contributed by atoms with E-state index in [1.807, 2.05) is 43.0 Å². The summed E-state index contributed by atoms with van der Waals surface area (Å²) in [4.78, 5) is 12.6. The average Bonchev–Trinajstić information content (AvgIpc) is 2.40. The molecule has 5 heteroatoms. The van der Waals surface area contributed by atoms with Crippen LogP contribution >= 0.6 is 27.7 Å². The molecule has 1 saturated heterocycles. The fourth-order valence-electron chi connectivity index (χ4n) is 2.76. The molecule has 21 heavy (non-hydrogen) atoms. The Balaban J connectivity index is 2.27.